The van der Waals surface area contributed by atoms with E-state index in [1.807, 2.05) is 12.1 Å². The Morgan fingerprint density at radius 2 is 2.35 bits per heavy atom. The molecule has 1 saturated heterocycles. The quantitative estimate of drug-likeness (QED) is 0.926. The summed E-state index contributed by atoms with van der Waals surface area (Å²) in [5, 5.41) is 7.40. The molecule has 0 saturated carbocycles. The summed E-state index contributed by atoms with van der Waals surface area (Å²) in [6, 6.07) is 4.00. The predicted molar refractivity (Wildman–Crippen MR) is 70.1 cm³/mol. The highest BCUT2D eigenvalue weighted by molar-refractivity contribution is 9.11. The van der Waals surface area contributed by atoms with Crippen LogP contribution in [0.5, 0.6) is 0 Å². The molecule has 1 fully saturated rings. The molecule has 1 aliphatic heterocycles. The Morgan fingerprint density at radius 1 is 1.47 bits per heavy atom. The number of hydrogen-bond donors (Lipinski definition) is 1. The van der Waals surface area contributed by atoms with Gasteiger partial charge in [0.2, 0.25) is 11.7 Å². The molecule has 6 heteroatoms. The molecule has 0 aromatic carbocycles. The molecule has 2 aromatic rings. The van der Waals surface area contributed by atoms with Crippen LogP contribution < -0.4 is 5.32 Å². The molecule has 2 unspecified atom stereocenters. The molecule has 0 aliphatic carbocycles. The monoisotopic (exact) mass is 313 g/mol. The molecule has 90 valence electrons. The van der Waals surface area contributed by atoms with Gasteiger partial charge in [-0.3, -0.25) is 0 Å². The first-order valence-corrected chi connectivity index (χ1v) is 7.15. The van der Waals surface area contributed by atoms with Crippen molar-refractivity contribution in [3.63, 3.8) is 0 Å². The molecular formula is C11H12BrN3OS. The lowest BCUT2D eigenvalue weighted by Crippen LogP contribution is -2.08. The van der Waals surface area contributed by atoms with Crippen LogP contribution in [0, 0.1) is 5.92 Å². The molecule has 4 nitrogen and oxygen atoms in total. The number of thiophene rings is 1. The summed E-state index contributed by atoms with van der Waals surface area (Å²) >= 11 is 5.05. The largest absolute Gasteiger partial charge is 0.339 e. The van der Waals surface area contributed by atoms with Crippen LogP contribution in [0.2, 0.25) is 0 Å². The van der Waals surface area contributed by atoms with Gasteiger partial charge in [-0.25, -0.2) is 0 Å². The van der Waals surface area contributed by atoms with Gasteiger partial charge in [0, 0.05) is 6.54 Å². The van der Waals surface area contributed by atoms with Gasteiger partial charge in [-0.05, 0) is 40.5 Å². The van der Waals surface area contributed by atoms with Crippen molar-refractivity contribution in [1.29, 1.82) is 0 Å². The molecule has 0 amide bonds. The van der Waals surface area contributed by atoms with Gasteiger partial charge in [0.1, 0.15) is 0 Å². The molecule has 2 atom stereocenters. The molecule has 0 bridgehead atoms. The van der Waals surface area contributed by atoms with E-state index in [2.05, 4.69) is 38.3 Å². The zero-order chi connectivity index (χ0) is 11.8. The number of rotatable bonds is 2. The predicted octanol–water partition coefficient (Wildman–Crippen LogP) is 2.88. The Bertz CT molecular complexity index is 524. The van der Waals surface area contributed by atoms with Crippen molar-refractivity contribution >= 4 is 27.3 Å². The second kappa shape index (κ2) is 4.51. The van der Waals surface area contributed by atoms with Gasteiger partial charge in [0.05, 0.1) is 14.6 Å². The van der Waals surface area contributed by atoms with E-state index in [4.69, 9.17) is 4.52 Å². The Hall–Kier alpha value is -0.720. The summed E-state index contributed by atoms with van der Waals surface area (Å²) < 4.78 is 6.45. The minimum Gasteiger partial charge on any atom is -0.339 e. The van der Waals surface area contributed by atoms with Crippen molar-refractivity contribution in [3.8, 4) is 10.7 Å². The highest BCUT2D eigenvalue weighted by Crippen LogP contribution is 2.32. The Kier molecular flexibility index (Phi) is 3.02. The summed E-state index contributed by atoms with van der Waals surface area (Å²) in [6.45, 7) is 4.15. The van der Waals surface area contributed by atoms with Crippen molar-refractivity contribution in [1.82, 2.24) is 15.5 Å². The number of aromatic nitrogens is 2. The second-order valence-electron chi connectivity index (χ2n) is 4.30. The van der Waals surface area contributed by atoms with Gasteiger partial charge in [0.25, 0.3) is 0 Å². The third kappa shape index (κ3) is 2.17. The average Bonchev–Trinajstić information content (AvgIpc) is 2.97. The zero-order valence-electron chi connectivity index (χ0n) is 9.31. The highest BCUT2D eigenvalue weighted by Gasteiger charge is 2.29. The first kappa shape index (κ1) is 11.4. The van der Waals surface area contributed by atoms with E-state index in [9.17, 15) is 0 Å². The Balaban J connectivity index is 1.87. The first-order chi connectivity index (χ1) is 8.24. The van der Waals surface area contributed by atoms with Crippen molar-refractivity contribution in [3.05, 3.63) is 21.8 Å². The third-order valence-electron chi connectivity index (χ3n) is 3.07. The van der Waals surface area contributed by atoms with Crippen molar-refractivity contribution in [2.75, 3.05) is 13.1 Å². The van der Waals surface area contributed by atoms with Gasteiger partial charge in [-0.2, -0.15) is 4.98 Å². The van der Waals surface area contributed by atoms with Gasteiger partial charge >= 0.3 is 0 Å². The van der Waals surface area contributed by atoms with Crippen LogP contribution in [0.3, 0.4) is 0 Å². The lowest BCUT2D eigenvalue weighted by atomic mass is 9.98. The lowest BCUT2D eigenvalue weighted by molar-refractivity contribution is 0.340. The summed E-state index contributed by atoms with van der Waals surface area (Å²) in [5.74, 6) is 2.34. The Labute approximate surface area is 112 Å². The lowest BCUT2D eigenvalue weighted by Gasteiger charge is -2.07. The molecule has 3 rings (SSSR count). The summed E-state index contributed by atoms with van der Waals surface area (Å²) in [6.07, 6.45) is 0. The maximum absolute atomic E-state index is 5.37. The third-order valence-corrected chi connectivity index (χ3v) is 4.69. The maximum Gasteiger partial charge on any atom is 0.231 e. The van der Waals surface area contributed by atoms with Gasteiger partial charge in [-0.1, -0.05) is 12.1 Å². The van der Waals surface area contributed by atoms with Crippen molar-refractivity contribution < 1.29 is 4.52 Å². The first-order valence-electron chi connectivity index (χ1n) is 5.54. The SMILES string of the molecule is CC1CNCC1c1nc(-c2ccc(Br)s2)no1. The average molecular weight is 314 g/mol. The topological polar surface area (TPSA) is 51.0 Å². The number of halogens is 1. The fraction of sp³-hybridized carbons (Fsp3) is 0.455. The van der Waals surface area contributed by atoms with E-state index in [0.717, 1.165) is 27.6 Å². The molecule has 0 radical (unpaired) electrons. The molecule has 0 spiro atoms. The van der Waals surface area contributed by atoms with Crippen LogP contribution in [0.15, 0.2) is 20.4 Å². The van der Waals surface area contributed by atoms with E-state index in [1.54, 1.807) is 11.3 Å². The maximum atomic E-state index is 5.37. The smallest absolute Gasteiger partial charge is 0.231 e. The van der Waals surface area contributed by atoms with Gasteiger partial charge < -0.3 is 9.84 Å². The molecule has 17 heavy (non-hydrogen) atoms. The van der Waals surface area contributed by atoms with Crippen LogP contribution >= 0.6 is 27.3 Å². The minimum atomic E-state index is 0.347. The van der Waals surface area contributed by atoms with Crippen molar-refractivity contribution in [2.45, 2.75) is 12.8 Å². The fourth-order valence-corrected chi connectivity index (χ4v) is 3.37. The van der Waals surface area contributed by atoms with Crippen LogP contribution in [0.25, 0.3) is 10.7 Å². The summed E-state index contributed by atoms with van der Waals surface area (Å²) in [7, 11) is 0. The fourth-order valence-electron chi connectivity index (χ4n) is 2.06. The van der Waals surface area contributed by atoms with E-state index in [1.165, 1.54) is 0 Å². The van der Waals surface area contributed by atoms with E-state index >= 15 is 0 Å². The molecule has 1 aliphatic rings. The Morgan fingerprint density at radius 3 is 3.00 bits per heavy atom. The van der Waals surface area contributed by atoms with Gasteiger partial charge in [0.15, 0.2) is 0 Å². The summed E-state index contributed by atoms with van der Waals surface area (Å²) in [4.78, 5) is 5.53. The van der Waals surface area contributed by atoms with Crippen LogP contribution in [0.4, 0.5) is 0 Å². The van der Waals surface area contributed by atoms with E-state index in [-0.39, 0.29) is 0 Å². The van der Waals surface area contributed by atoms with Crippen LogP contribution in [0.1, 0.15) is 18.7 Å². The van der Waals surface area contributed by atoms with Crippen LogP contribution in [-0.2, 0) is 0 Å². The standard InChI is InChI=1S/C11H12BrN3OS/c1-6-4-13-5-7(6)11-14-10(15-16-11)8-2-3-9(12)17-8/h2-3,6-7,13H,4-5H2,1H3. The van der Waals surface area contributed by atoms with E-state index < -0.39 is 0 Å². The van der Waals surface area contributed by atoms with Crippen molar-refractivity contribution in [2.24, 2.45) is 5.92 Å². The van der Waals surface area contributed by atoms with Crippen LogP contribution in [-0.4, -0.2) is 23.2 Å². The van der Waals surface area contributed by atoms with E-state index in [0.29, 0.717) is 17.7 Å². The molecule has 2 aromatic heterocycles. The molecular weight excluding hydrogens is 302 g/mol. The second-order valence-corrected chi connectivity index (χ2v) is 6.77. The highest BCUT2D eigenvalue weighted by atomic mass is 79.9. The summed E-state index contributed by atoms with van der Waals surface area (Å²) in [5.41, 5.74) is 0. The minimum absolute atomic E-state index is 0.347. The zero-order valence-corrected chi connectivity index (χ0v) is 11.7. The molecule has 3 heterocycles. The number of nitrogens with one attached hydrogen (secondary N) is 1. The normalized spacial score (nSPS) is 24.4. The number of hydrogen-bond acceptors (Lipinski definition) is 5. The number of nitrogens with zero attached hydrogens (tertiary/aromatic N) is 2. The molecule has 1 N–H and O–H groups in total. The van der Waals surface area contributed by atoms with Gasteiger partial charge in [-0.15, -0.1) is 11.3 Å².